The van der Waals surface area contributed by atoms with Crippen molar-refractivity contribution in [2.75, 3.05) is 11.9 Å². The van der Waals surface area contributed by atoms with E-state index in [2.05, 4.69) is 10.6 Å². The first-order valence-corrected chi connectivity index (χ1v) is 8.35. The molecular weight excluding hydrogens is 338 g/mol. The predicted molar refractivity (Wildman–Crippen MR) is 94.6 cm³/mol. The number of nitrogens with zero attached hydrogens (tertiary/aromatic N) is 1. The number of amides is 4. The van der Waals surface area contributed by atoms with Gasteiger partial charge in [-0.05, 0) is 52.0 Å². The fraction of sp³-hybridized carbons (Fsp3) is 0.444. The molecular formula is C18H23N3O5. The van der Waals surface area contributed by atoms with Gasteiger partial charge in [-0.1, -0.05) is 0 Å². The zero-order chi connectivity index (χ0) is 19.5. The van der Waals surface area contributed by atoms with Crippen LogP contribution in [-0.4, -0.2) is 46.9 Å². The van der Waals surface area contributed by atoms with Crippen LogP contribution in [0.1, 0.15) is 44.5 Å². The molecule has 1 heterocycles. The van der Waals surface area contributed by atoms with Gasteiger partial charge in [0, 0.05) is 18.7 Å². The predicted octanol–water partition coefficient (Wildman–Crippen LogP) is 1.91. The van der Waals surface area contributed by atoms with E-state index >= 15 is 0 Å². The number of imide groups is 1. The molecule has 8 heteroatoms. The first-order chi connectivity index (χ1) is 12.1. The second-order valence-corrected chi connectivity index (χ2v) is 6.84. The van der Waals surface area contributed by atoms with E-state index in [1.807, 2.05) is 0 Å². The van der Waals surface area contributed by atoms with E-state index in [0.29, 0.717) is 11.3 Å². The summed E-state index contributed by atoms with van der Waals surface area (Å²) >= 11 is 0. The minimum absolute atomic E-state index is 0.00126. The number of rotatable bonds is 6. The second kappa shape index (κ2) is 7.55. The van der Waals surface area contributed by atoms with E-state index in [-0.39, 0.29) is 30.9 Å². The number of nitrogens with one attached hydrogen (secondary N) is 2. The van der Waals surface area contributed by atoms with Crippen molar-refractivity contribution in [1.29, 1.82) is 0 Å². The van der Waals surface area contributed by atoms with Crippen molar-refractivity contribution in [3.05, 3.63) is 29.8 Å². The number of ether oxygens (including phenoxy) is 1. The molecule has 1 saturated heterocycles. The average molecular weight is 361 g/mol. The number of benzene rings is 1. The van der Waals surface area contributed by atoms with Crippen LogP contribution in [0.4, 0.5) is 10.5 Å². The molecule has 1 aromatic carbocycles. The maximum Gasteiger partial charge on any atom is 0.338 e. The van der Waals surface area contributed by atoms with Gasteiger partial charge in [0.2, 0.25) is 5.91 Å². The summed E-state index contributed by atoms with van der Waals surface area (Å²) in [4.78, 5) is 48.7. The molecule has 0 atom stereocenters. The molecule has 8 nitrogen and oxygen atoms in total. The lowest BCUT2D eigenvalue weighted by atomic mass is 10.1. The molecule has 26 heavy (non-hydrogen) atoms. The smallest absolute Gasteiger partial charge is 0.338 e. The molecule has 4 amide bonds. The summed E-state index contributed by atoms with van der Waals surface area (Å²) in [5.74, 6) is -1.13. The summed E-state index contributed by atoms with van der Waals surface area (Å²) < 4.78 is 5.09. The van der Waals surface area contributed by atoms with Gasteiger partial charge in [0.1, 0.15) is 5.54 Å². The zero-order valence-corrected chi connectivity index (χ0v) is 15.3. The Balaban J connectivity index is 1.87. The van der Waals surface area contributed by atoms with Gasteiger partial charge in [0.25, 0.3) is 5.91 Å². The van der Waals surface area contributed by atoms with Gasteiger partial charge < -0.3 is 15.4 Å². The lowest BCUT2D eigenvalue weighted by molar-refractivity contribution is -0.130. The van der Waals surface area contributed by atoms with E-state index in [9.17, 15) is 19.2 Å². The minimum Gasteiger partial charge on any atom is -0.459 e. The molecule has 0 aromatic heterocycles. The molecule has 2 rings (SSSR count). The van der Waals surface area contributed by atoms with Crippen molar-refractivity contribution in [3.8, 4) is 0 Å². The van der Waals surface area contributed by atoms with Crippen LogP contribution in [0.3, 0.4) is 0 Å². The van der Waals surface area contributed by atoms with Gasteiger partial charge in [-0.2, -0.15) is 0 Å². The molecule has 1 aliphatic heterocycles. The number of carbonyl (C=O) groups excluding carboxylic acids is 4. The maximum atomic E-state index is 12.1. The third kappa shape index (κ3) is 4.59. The topological polar surface area (TPSA) is 105 Å². The van der Waals surface area contributed by atoms with Crippen LogP contribution in [0.15, 0.2) is 24.3 Å². The van der Waals surface area contributed by atoms with Gasteiger partial charge in [0.05, 0.1) is 11.7 Å². The average Bonchev–Trinajstić information content (AvgIpc) is 2.73. The summed E-state index contributed by atoms with van der Waals surface area (Å²) in [6.07, 6.45) is -0.232. The van der Waals surface area contributed by atoms with Gasteiger partial charge >= 0.3 is 12.0 Å². The van der Waals surface area contributed by atoms with Crippen molar-refractivity contribution in [1.82, 2.24) is 10.2 Å². The van der Waals surface area contributed by atoms with E-state index < -0.39 is 17.5 Å². The number of esters is 1. The van der Waals surface area contributed by atoms with Crippen LogP contribution < -0.4 is 10.6 Å². The van der Waals surface area contributed by atoms with Crippen molar-refractivity contribution >= 4 is 29.5 Å². The molecule has 1 fully saturated rings. The number of hydrogen-bond acceptors (Lipinski definition) is 5. The normalized spacial score (nSPS) is 15.8. The van der Waals surface area contributed by atoms with Crippen LogP contribution in [-0.2, 0) is 14.3 Å². The molecule has 0 unspecified atom stereocenters. The SMILES string of the molecule is CC(C)OC(=O)c1ccc(NC(=O)CCN2C(=O)NC(C)(C)C2=O)cc1. The monoisotopic (exact) mass is 361 g/mol. The molecule has 2 N–H and O–H groups in total. The van der Waals surface area contributed by atoms with Gasteiger partial charge in [-0.3, -0.25) is 14.5 Å². The highest BCUT2D eigenvalue weighted by Gasteiger charge is 2.43. The first-order valence-electron chi connectivity index (χ1n) is 8.35. The molecule has 0 spiro atoms. The number of hydrogen-bond donors (Lipinski definition) is 2. The third-order valence-corrected chi connectivity index (χ3v) is 3.75. The van der Waals surface area contributed by atoms with E-state index in [1.165, 1.54) is 0 Å². The molecule has 0 bridgehead atoms. The molecule has 140 valence electrons. The van der Waals surface area contributed by atoms with Crippen molar-refractivity contribution in [3.63, 3.8) is 0 Å². The van der Waals surface area contributed by atoms with Crippen LogP contribution in [0, 0.1) is 0 Å². The molecule has 1 aliphatic rings. The quantitative estimate of drug-likeness (QED) is 0.595. The highest BCUT2D eigenvalue weighted by atomic mass is 16.5. The third-order valence-electron chi connectivity index (χ3n) is 3.75. The Kier molecular flexibility index (Phi) is 5.64. The summed E-state index contributed by atoms with van der Waals surface area (Å²) in [5, 5.41) is 5.22. The molecule has 0 saturated carbocycles. The highest BCUT2D eigenvalue weighted by Crippen LogP contribution is 2.17. The van der Waals surface area contributed by atoms with Crippen molar-refractivity contribution in [2.24, 2.45) is 0 Å². The fourth-order valence-corrected chi connectivity index (χ4v) is 2.43. The van der Waals surface area contributed by atoms with E-state index in [4.69, 9.17) is 4.74 Å². The second-order valence-electron chi connectivity index (χ2n) is 6.84. The summed E-state index contributed by atoms with van der Waals surface area (Å²) in [5.41, 5.74) is -0.0551. The Morgan fingerprint density at radius 1 is 1.19 bits per heavy atom. The molecule has 1 aromatic rings. The maximum absolute atomic E-state index is 12.1. The summed E-state index contributed by atoms with van der Waals surface area (Å²) in [6, 6.07) is 5.79. The zero-order valence-electron chi connectivity index (χ0n) is 15.3. The van der Waals surface area contributed by atoms with Gasteiger partial charge in [-0.25, -0.2) is 9.59 Å². The Labute approximate surface area is 151 Å². The van der Waals surface area contributed by atoms with Crippen LogP contribution in [0.25, 0.3) is 0 Å². The Morgan fingerprint density at radius 3 is 2.31 bits per heavy atom. The number of urea groups is 1. The van der Waals surface area contributed by atoms with Crippen LogP contribution in [0.2, 0.25) is 0 Å². The van der Waals surface area contributed by atoms with Crippen LogP contribution >= 0.6 is 0 Å². The Bertz CT molecular complexity index is 725. The molecule has 0 radical (unpaired) electrons. The lowest BCUT2D eigenvalue weighted by Crippen LogP contribution is -2.40. The lowest BCUT2D eigenvalue weighted by Gasteiger charge is -2.15. The minimum atomic E-state index is -0.950. The standard InChI is InChI=1S/C18H23N3O5/c1-11(2)26-15(23)12-5-7-13(8-6-12)19-14(22)9-10-21-16(24)18(3,4)20-17(21)25/h5-8,11H,9-10H2,1-4H3,(H,19,22)(H,20,25). The summed E-state index contributed by atoms with van der Waals surface area (Å²) in [6.45, 7) is 6.75. The van der Waals surface area contributed by atoms with Gasteiger partial charge in [-0.15, -0.1) is 0 Å². The Morgan fingerprint density at radius 2 is 1.81 bits per heavy atom. The van der Waals surface area contributed by atoms with E-state index in [0.717, 1.165) is 4.90 Å². The first kappa shape index (κ1) is 19.4. The van der Waals surface area contributed by atoms with Gasteiger partial charge in [0.15, 0.2) is 0 Å². The fourth-order valence-electron chi connectivity index (χ4n) is 2.43. The van der Waals surface area contributed by atoms with E-state index in [1.54, 1.807) is 52.0 Å². The van der Waals surface area contributed by atoms with Crippen LogP contribution in [0.5, 0.6) is 0 Å². The number of carbonyl (C=O) groups is 4. The summed E-state index contributed by atoms with van der Waals surface area (Å²) in [7, 11) is 0. The van der Waals surface area contributed by atoms with Crippen molar-refractivity contribution in [2.45, 2.75) is 45.8 Å². The molecule has 0 aliphatic carbocycles. The highest BCUT2D eigenvalue weighted by molar-refractivity contribution is 6.06. The van der Waals surface area contributed by atoms with Crippen molar-refractivity contribution < 1.29 is 23.9 Å². The number of anilines is 1. The Hall–Kier alpha value is -2.90. The largest absolute Gasteiger partial charge is 0.459 e.